The highest BCUT2D eigenvalue weighted by molar-refractivity contribution is 5.76. The van der Waals surface area contributed by atoms with Crippen molar-refractivity contribution < 1.29 is 9.53 Å². The summed E-state index contributed by atoms with van der Waals surface area (Å²) in [7, 11) is 0. The molecule has 2 aliphatic heterocycles. The van der Waals surface area contributed by atoms with Gasteiger partial charge in [0.05, 0.1) is 30.6 Å². The number of ether oxygens (including phenoxy) is 1. The molecule has 0 saturated carbocycles. The van der Waals surface area contributed by atoms with Crippen molar-refractivity contribution in [1.82, 2.24) is 24.9 Å². The van der Waals surface area contributed by atoms with Gasteiger partial charge in [0, 0.05) is 31.9 Å². The van der Waals surface area contributed by atoms with Crippen LogP contribution in [-0.2, 0) is 22.6 Å². The number of amides is 1. The monoisotopic (exact) mass is 313 g/mol. The number of aromatic nitrogens is 4. The van der Waals surface area contributed by atoms with E-state index in [0.717, 1.165) is 30.6 Å². The van der Waals surface area contributed by atoms with Crippen LogP contribution in [0.4, 0.5) is 0 Å². The molecule has 0 N–H and O–H groups in total. The predicted molar refractivity (Wildman–Crippen MR) is 81.4 cm³/mol. The second kappa shape index (κ2) is 6.08. The average Bonchev–Trinajstić information content (AvgIpc) is 3.09. The maximum absolute atomic E-state index is 12.5. The molecular weight excluding hydrogens is 294 g/mol. The highest BCUT2D eigenvalue weighted by atomic mass is 16.5. The molecule has 0 spiro atoms. The van der Waals surface area contributed by atoms with Crippen LogP contribution < -0.4 is 0 Å². The van der Waals surface area contributed by atoms with Crippen molar-refractivity contribution >= 4 is 5.91 Å². The third kappa shape index (κ3) is 2.84. The second-order valence-electron chi connectivity index (χ2n) is 6.08. The molecule has 4 heterocycles. The summed E-state index contributed by atoms with van der Waals surface area (Å²) in [4.78, 5) is 18.5. The van der Waals surface area contributed by atoms with Crippen LogP contribution >= 0.6 is 0 Å². The van der Waals surface area contributed by atoms with E-state index in [0.29, 0.717) is 19.6 Å². The smallest absolute Gasteiger partial charge is 0.222 e. The molecule has 2 atom stereocenters. The van der Waals surface area contributed by atoms with Crippen molar-refractivity contribution in [2.75, 3.05) is 13.1 Å². The number of aryl methyl sites for hydroxylation is 1. The average molecular weight is 313 g/mol. The Morgan fingerprint density at radius 3 is 3.22 bits per heavy atom. The van der Waals surface area contributed by atoms with Gasteiger partial charge < -0.3 is 9.64 Å². The lowest BCUT2D eigenvalue weighted by Crippen LogP contribution is -2.49. The number of piperidine rings is 1. The van der Waals surface area contributed by atoms with E-state index >= 15 is 0 Å². The lowest BCUT2D eigenvalue weighted by atomic mass is 9.99. The van der Waals surface area contributed by atoms with Crippen LogP contribution in [0, 0.1) is 0 Å². The molecule has 2 aromatic rings. The Bertz CT molecular complexity index is 687. The minimum absolute atomic E-state index is 0.0809. The van der Waals surface area contributed by atoms with Crippen LogP contribution in [0.1, 0.15) is 30.1 Å². The lowest BCUT2D eigenvalue weighted by Gasteiger charge is -2.41. The van der Waals surface area contributed by atoms with Gasteiger partial charge in [0.2, 0.25) is 5.91 Å². The van der Waals surface area contributed by atoms with Crippen LogP contribution in [0.5, 0.6) is 0 Å². The number of nitrogens with zero attached hydrogens (tertiary/aromatic N) is 5. The van der Waals surface area contributed by atoms with Gasteiger partial charge in [-0.25, -0.2) is 4.68 Å². The maximum Gasteiger partial charge on any atom is 0.222 e. The first-order chi connectivity index (χ1) is 11.3. The third-order valence-electron chi connectivity index (χ3n) is 4.63. The molecule has 120 valence electrons. The van der Waals surface area contributed by atoms with Gasteiger partial charge >= 0.3 is 0 Å². The lowest BCUT2D eigenvalue weighted by molar-refractivity contribution is -0.138. The zero-order valence-electron chi connectivity index (χ0n) is 12.8. The first-order valence-corrected chi connectivity index (χ1v) is 7.98. The summed E-state index contributed by atoms with van der Waals surface area (Å²) in [5.41, 5.74) is 2.08. The van der Waals surface area contributed by atoms with Gasteiger partial charge in [-0.15, -0.1) is 5.10 Å². The molecule has 0 aromatic carbocycles. The molecule has 0 aliphatic carbocycles. The fraction of sp³-hybridized carbons (Fsp3) is 0.500. The van der Waals surface area contributed by atoms with Gasteiger partial charge in [-0.1, -0.05) is 11.3 Å². The fourth-order valence-corrected chi connectivity index (χ4v) is 3.36. The van der Waals surface area contributed by atoms with Crippen LogP contribution in [0.3, 0.4) is 0 Å². The molecule has 4 rings (SSSR count). The zero-order valence-corrected chi connectivity index (χ0v) is 12.8. The molecule has 7 nitrogen and oxygen atoms in total. The van der Waals surface area contributed by atoms with Crippen LogP contribution in [-0.4, -0.2) is 50.0 Å². The first kappa shape index (κ1) is 14.3. The zero-order chi connectivity index (χ0) is 15.6. The summed E-state index contributed by atoms with van der Waals surface area (Å²) in [6.07, 6.45) is 7.51. The molecule has 1 amide bonds. The Kier molecular flexibility index (Phi) is 3.78. The predicted octanol–water partition coefficient (Wildman–Crippen LogP) is 0.978. The molecule has 2 aromatic heterocycles. The molecule has 1 saturated heterocycles. The Labute approximate surface area is 134 Å². The summed E-state index contributed by atoms with van der Waals surface area (Å²) in [6.45, 7) is 1.95. The van der Waals surface area contributed by atoms with E-state index in [-0.39, 0.29) is 18.1 Å². The highest BCUT2D eigenvalue weighted by Gasteiger charge is 2.37. The fourth-order valence-electron chi connectivity index (χ4n) is 3.36. The van der Waals surface area contributed by atoms with Crippen molar-refractivity contribution in [3.8, 4) is 0 Å². The minimum atomic E-state index is 0.0809. The topological polar surface area (TPSA) is 73.1 Å². The maximum atomic E-state index is 12.5. The number of hydrogen-bond donors (Lipinski definition) is 0. The van der Waals surface area contributed by atoms with E-state index in [1.807, 2.05) is 27.9 Å². The minimum Gasteiger partial charge on any atom is -0.370 e. The number of hydrogen-bond acceptors (Lipinski definition) is 5. The molecule has 0 radical (unpaired) electrons. The van der Waals surface area contributed by atoms with Crippen molar-refractivity contribution in [3.63, 3.8) is 0 Å². The number of carbonyl (C=O) groups is 1. The second-order valence-corrected chi connectivity index (χ2v) is 6.08. The largest absolute Gasteiger partial charge is 0.370 e. The van der Waals surface area contributed by atoms with E-state index in [1.165, 1.54) is 0 Å². The van der Waals surface area contributed by atoms with Crippen LogP contribution in [0.25, 0.3) is 0 Å². The van der Waals surface area contributed by atoms with Gasteiger partial charge in [0.25, 0.3) is 0 Å². The number of carbonyl (C=O) groups excluding carboxylic acids is 1. The van der Waals surface area contributed by atoms with Crippen molar-refractivity contribution in [2.45, 2.75) is 38.0 Å². The summed E-state index contributed by atoms with van der Waals surface area (Å²) < 4.78 is 7.80. The van der Waals surface area contributed by atoms with Crippen LogP contribution in [0.2, 0.25) is 0 Å². The van der Waals surface area contributed by atoms with Gasteiger partial charge in [-0.2, -0.15) is 0 Å². The molecule has 0 unspecified atom stereocenters. The Hall–Kier alpha value is -2.28. The number of pyridine rings is 1. The molecule has 7 heteroatoms. The third-order valence-corrected chi connectivity index (χ3v) is 4.63. The quantitative estimate of drug-likeness (QED) is 0.844. The van der Waals surface area contributed by atoms with Crippen molar-refractivity contribution in [2.24, 2.45) is 0 Å². The molecule has 2 aliphatic rings. The summed E-state index contributed by atoms with van der Waals surface area (Å²) in [5.74, 6) is 0.180. The molecular formula is C16H19N5O2. The van der Waals surface area contributed by atoms with Crippen molar-refractivity contribution in [3.05, 3.63) is 42.0 Å². The summed E-state index contributed by atoms with van der Waals surface area (Å²) in [6, 6.07) is 3.98. The van der Waals surface area contributed by atoms with Gasteiger partial charge in [-0.3, -0.25) is 9.78 Å². The Morgan fingerprint density at radius 1 is 1.39 bits per heavy atom. The van der Waals surface area contributed by atoms with Gasteiger partial charge in [-0.05, 0) is 24.5 Å². The van der Waals surface area contributed by atoms with E-state index < -0.39 is 0 Å². The van der Waals surface area contributed by atoms with E-state index in [1.54, 1.807) is 12.4 Å². The highest BCUT2D eigenvalue weighted by Crippen LogP contribution is 2.30. The van der Waals surface area contributed by atoms with E-state index in [9.17, 15) is 4.79 Å². The van der Waals surface area contributed by atoms with Crippen molar-refractivity contribution in [1.29, 1.82) is 0 Å². The number of likely N-dealkylation sites (tertiary alicyclic amines) is 1. The van der Waals surface area contributed by atoms with Gasteiger partial charge in [0.15, 0.2) is 0 Å². The SMILES string of the molecule is O=C(CCc1cccnc1)N1CC[C@@H]2OCc3cnnn3[C@@H]2C1. The number of fused-ring (bicyclic) bond motifs is 3. The normalized spacial score (nSPS) is 23.2. The molecule has 23 heavy (non-hydrogen) atoms. The van der Waals surface area contributed by atoms with E-state index in [4.69, 9.17) is 4.74 Å². The summed E-state index contributed by atoms with van der Waals surface area (Å²) >= 11 is 0. The summed E-state index contributed by atoms with van der Waals surface area (Å²) in [5, 5.41) is 8.13. The first-order valence-electron chi connectivity index (χ1n) is 7.98. The number of rotatable bonds is 3. The Balaban J connectivity index is 1.40. The van der Waals surface area contributed by atoms with Crippen LogP contribution in [0.15, 0.2) is 30.7 Å². The van der Waals surface area contributed by atoms with Gasteiger partial charge in [0.1, 0.15) is 0 Å². The standard InChI is InChI=1S/C16H19N5O2/c22-16(4-3-12-2-1-6-17-8-12)20-7-5-15-14(10-20)21-13(11-23-15)9-18-19-21/h1-2,6,8-9,14-15H,3-5,7,10-11H2/t14-,15+/m1/s1. The molecule has 1 fully saturated rings. The van der Waals surface area contributed by atoms with E-state index in [2.05, 4.69) is 15.3 Å². The molecule has 0 bridgehead atoms. The Morgan fingerprint density at radius 2 is 2.35 bits per heavy atom.